The summed E-state index contributed by atoms with van der Waals surface area (Å²) in [6.45, 7) is 2.26. The molecule has 0 aliphatic heterocycles. The number of benzene rings is 1. The number of rotatable bonds is 9. The van der Waals surface area contributed by atoms with E-state index in [-0.39, 0.29) is 6.61 Å². The highest BCUT2D eigenvalue weighted by Crippen LogP contribution is 2.25. The molecule has 0 bridgehead atoms. The Morgan fingerprint density at radius 2 is 2.10 bits per heavy atom. The van der Waals surface area contributed by atoms with Crippen LogP contribution in [0.3, 0.4) is 0 Å². The summed E-state index contributed by atoms with van der Waals surface area (Å²) in [5.41, 5.74) is 1.73. The summed E-state index contributed by atoms with van der Waals surface area (Å²) in [7, 11) is 1.55. The van der Waals surface area contributed by atoms with E-state index in [1.165, 1.54) is 0 Å². The van der Waals surface area contributed by atoms with Gasteiger partial charge in [-0.15, -0.1) is 0 Å². The van der Waals surface area contributed by atoms with Crippen LogP contribution >= 0.6 is 0 Å². The van der Waals surface area contributed by atoms with Crippen LogP contribution in [0.5, 0.6) is 5.75 Å². The van der Waals surface area contributed by atoms with Crippen molar-refractivity contribution in [3.05, 3.63) is 29.3 Å². The molecule has 0 aromatic heterocycles. The number of ether oxygens (including phenoxy) is 2. The maximum Gasteiger partial charge on any atom is 0.261 e. The van der Waals surface area contributed by atoms with Crippen molar-refractivity contribution >= 4 is 0 Å². The first kappa shape index (κ1) is 16.8. The van der Waals surface area contributed by atoms with Crippen molar-refractivity contribution in [2.45, 2.75) is 19.5 Å². The Kier molecular flexibility index (Phi) is 7.43. The van der Waals surface area contributed by atoms with Crippen molar-refractivity contribution in [2.75, 3.05) is 33.4 Å². The quantitative estimate of drug-likeness (QED) is 0.682. The van der Waals surface area contributed by atoms with Gasteiger partial charge in [-0.2, -0.15) is 0 Å². The largest absolute Gasteiger partial charge is 0.496 e. The van der Waals surface area contributed by atoms with Crippen LogP contribution in [0.25, 0.3) is 0 Å². The van der Waals surface area contributed by atoms with Crippen LogP contribution in [0.1, 0.15) is 17.2 Å². The lowest BCUT2D eigenvalue weighted by molar-refractivity contribution is 0.0181. The molecule has 0 saturated heterocycles. The number of alkyl halides is 2. The van der Waals surface area contributed by atoms with Gasteiger partial charge >= 0.3 is 0 Å². The van der Waals surface area contributed by atoms with Crippen LogP contribution < -0.4 is 10.1 Å². The highest BCUT2D eigenvalue weighted by molar-refractivity contribution is 5.38. The normalized spacial score (nSPS) is 12.7. The summed E-state index contributed by atoms with van der Waals surface area (Å²) in [6, 6.07) is 5.57. The summed E-state index contributed by atoms with van der Waals surface area (Å²) in [5, 5.41) is 13.1. The van der Waals surface area contributed by atoms with E-state index in [0.29, 0.717) is 24.4 Å². The van der Waals surface area contributed by atoms with Gasteiger partial charge in [0.05, 0.1) is 19.8 Å². The Labute approximate surface area is 117 Å². The summed E-state index contributed by atoms with van der Waals surface area (Å²) in [6.07, 6.45) is -3.17. The molecule has 114 valence electrons. The second-order valence-corrected chi connectivity index (χ2v) is 4.43. The van der Waals surface area contributed by atoms with Gasteiger partial charge in [-0.25, -0.2) is 8.78 Å². The fourth-order valence-electron chi connectivity index (χ4n) is 1.78. The summed E-state index contributed by atoms with van der Waals surface area (Å²) in [4.78, 5) is 0. The fraction of sp³-hybridized carbons (Fsp3) is 0.571. The number of aliphatic hydroxyl groups is 1. The number of aryl methyl sites for hydroxylation is 1. The van der Waals surface area contributed by atoms with Gasteiger partial charge in [-0.05, 0) is 19.1 Å². The average Bonchev–Trinajstić information content (AvgIpc) is 2.42. The summed E-state index contributed by atoms with van der Waals surface area (Å²) in [5.74, 6) is 0.624. The van der Waals surface area contributed by atoms with E-state index in [1.807, 2.05) is 19.1 Å². The third-order valence-electron chi connectivity index (χ3n) is 2.75. The Balaban J connectivity index is 2.35. The van der Waals surface area contributed by atoms with Crippen LogP contribution in [0, 0.1) is 6.92 Å². The van der Waals surface area contributed by atoms with E-state index in [0.717, 1.165) is 5.56 Å². The van der Waals surface area contributed by atoms with Crippen LogP contribution in [-0.2, 0) is 4.74 Å². The monoisotopic (exact) mass is 289 g/mol. The summed E-state index contributed by atoms with van der Waals surface area (Å²) < 4.78 is 33.6. The highest BCUT2D eigenvalue weighted by Gasteiger charge is 2.13. The predicted octanol–water partition coefficient (Wildman–Crippen LogP) is 1.91. The predicted molar refractivity (Wildman–Crippen MR) is 72.4 cm³/mol. The van der Waals surface area contributed by atoms with E-state index in [4.69, 9.17) is 9.47 Å². The molecule has 20 heavy (non-hydrogen) atoms. The third kappa shape index (κ3) is 5.81. The van der Waals surface area contributed by atoms with Gasteiger partial charge in [0, 0.05) is 18.7 Å². The number of methoxy groups -OCH3 is 1. The highest BCUT2D eigenvalue weighted by atomic mass is 19.3. The number of aliphatic hydroxyl groups excluding tert-OH is 1. The number of nitrogens with one attached hydrogen (secondary N) is 1. The molecule has 0 spiro atoms. The maximum atomic E-state index is 11.8. The van der Waals surface area contributed by atoms with Crippen LogP contribution in [0.2, 0.25) is 0 Å². The van der Waals surface area contributed by atoms with Crippen LogP contribution in [0.15, 0.2) is 18.2 Å². The lowest BCUT2D eigenvalue weighted by atomic mass is 10.1. The minimum Gasteiger partial charge on any atom is -0.496 e. The van der Waals surface area contributed by atoms with Gasteiger partial charge in [0.2, 0.25) is 0 Å². The van der Waals surface area contributed by atoms with E-state index in [1.54, 1.807) is 13.2 Å². The number of halogens is 2. The zero-order chi connectivity index (χ0) is 15.0. The average molecular weight is 289 g/mol. The van der Waals surface area contributed by atoms with Crippen LogP contribution in [0.4, 0.5) is 8.78 Å². The van der Waals surface area contributed by atoms with Gasteiger partial charge in [-0.3, -0.25) is 0 Å². The Hall–Kier alpha value is -1.24. The van der Waals surface area contributed by atoms with E-state index < -0.39 is 19.1 Å². The van der Waals surface area contributed by atoms with Crippen molar-refractivity contribution in [3.63, 3.8) is 0 Å². The molecule has 0 radical (unpaired) electrons. The van der Waals surface area contributed by atoms with E-state index >= 15 is 0 Å². The molecule has 0 heterocycles. The molecule has 6 heteroatoms. The molecular formula is C14H21F2NO3. The Bertz CT molecular complexity index is 402. The van der Waals surface area contributed by atoms with Crippen molar-refractivity contribution in [2.24, 2.45) is 0 Å². The molecule has 1 aromatic carbocycles. The first-order chi connectivity index (χ1) is 9.54. The second-order valence-electron chi connectivity index (χ2n) is 4.43. The molecular weight excluding hydrogens is 268 g/mol. The molecule has 1 atom stereocenters. The zero-order valence-electron chi connectivity index (χ0n) is 11.7. The molecule has 0 aliphatic carbocycles. The third-order valence-corrected chi connectivity index (χ3v) is 2.75. The van der Waals surface area contributed by atoms with Crippen molar-refractivity contribution in [1.29, 1.82) is 0 Å². The lowest BCUT2D eigenvalue weighted by Gasteiger charge is -2.16. The van der Waals surface area contributed by atoms with Crippen LogP contribution in [-0.4, -0.2) is 44.9 Å². The maximum absolute atomic E-state index is 11.8. The fourth-order valence-corrected chi connectivity index (χ4v) is 1.78. The first-order valence-electron chi connectivity index (χ1n) is 6.43. The standard InChI is InChI=1S/C14H21F2NO3/c1-10-3-4-13(19-2)11(7-10)12(18)8-17-5-6-20-9-14(15)16/h3-4,7,12,14,17-18H,5-6,8-9H2,1-2H3. The molecule has 0 saturated carbocycles. The number of hydrogen-bond acceptors (Lipinski definition) is 4. The molecule has 0 aliphatic rings. The topological polar surface area (TPSA) is 50.7 Å². The molecule has 0 amide bonds. The molecule has 1 rings (SSSR count). The van der Waals surface area contributed by atoms with Gasteiger partial charge in [0.25, 0.3) is 6.43 Å². The molecule has 1 unspecified atom stereocenters. The molecule has 0 fully saturated rings. The lowest BCUT2D eigenvalue weighted by Crippen LogP contribution is -2.26. The minimum atomic E-state index is -2.45. The second kappa shape index (κ2) is 8.84. The number of hydrogen-bond donors (Lipinski definition) is 2. The minimum absolute atomic E-state index is 0.183. The van der Waals surface area contributed by atoms with Crippen molar-refractivity contribution < 1.29 is 23.4 Å². The Morgan fingerprint density at radius 1 is 1.35 bits per heavy atom. The van der Waals surface area contributed by atoms with Gasteiger partial charge in [0.15, 0.2) is 0 Å². The zero-order valence-corrected chi connectivity index (χ0v) is 11.7. The molecule has 2 N–H and O–H groups in total. The van der Waals surface area contributed by atoms with Gasteiger partial charge in [0.1, 0.15) is 12.4 Å². The van der Waals surface area contributed by atoms with Crippen molar-refractivity contribution in [1.82, 2.24) is 5.32 Å². The molecule has 4 nitrogen and oxygen atoms in total. The smallest absolute Gasteiger partial charge is 0.261 e. The Morgan fingerprint density at radius 3 is 2.75 bits per heavy atom. The first-order valence-corrected chi connectivity index (χ1v) is 6.43. The van der Waals surface area contributed by atoms with E-state index in [2.05, 4.69) is 5.32 Å². The van der Waals surface area contributed by atoms with Crippen molar-refractivity contribution in [3.8, 4) is 5.75 Å². The van der Waals surface area contributed by atoms with Gasteiger partial charge in [-0.1, -0.05) is 11.6 Å². The SMILES string of the molecule is COc1ccc(C)cc1C(O)CNCCOCC(F)F. The molecule has 1 aromatic rings. The van der Waals surface area contributed by atoms with Gasteiger partial charge < -0.3 is 19.9 Å². The van der Waals surface area contributed by atoms with E-state index in [9.17, 15) is 13.9 Å². The summed E-state index contributed by atoms with van der Waals surface area (Å²) >= 11 is 0.